The van der Waals surface area contributed by atoms with Crippen molar-refractivity contribution in [2.24, 2.45) is 5.92 Å². The monoisotopic (exact) mass is 228 g/mol. The summed E-state index contributed by atoms with van der Waals surface area (Å²) < 4.78 is 5.01. The molecule has 4 heteroatoms. The molecule has 0 spiro atoms. The molecule has 1 N–H and O–H groups in total. The summed E-state index contributed by atoms with van der Waals surface area (Å²) >= 11 is 5.78. The zero-order chi connectivity index (χ0) is 11.4. The first kappa shape index (κ1) is 11.9. The number of aromatic hydroxyl groups is 1. The molecule has 0 aliphatic heterocycles. The second kappa shape index (κ2) is 5.03. The van der Waals surface area contributed by atoms with E-state index in [1.165, 1.54) is 18.2 Å². The zero-order valence-electron chi connectivity index (χ0n) is 8.66. The normalized spacial score (nSPS) is 10.4. The lowest BCUT2D eigenvalue weighted by atomic mass is 10.2. The zero-order valence-corrected chi connectivity index (χ0v) is 9.41. The molecule has 3 nitrogen and oxygen atoms in total. The van der Waals surface area contributed by atoms with Gasteiger partial charge in [0.15, 0.2) is 0 Å². The van der Waals surface area contributed by atoms with E-state index in [1.807, 2.05) is 13.8 Å². The highest BCUT2D eigenvalue weighted by Gasteiger charge is 2.12. The number of halogens is 1. The van der Waals surface area contributed by atoms with E-state index in [-0.39, 0.29) is 22.3 Å². The molecule has 0 fully saturated rings. The Balaban J connectivity index is 2.74. The minimum Gasteiger partial charge on any atom is -0.508 e. The second-order valence-electron chi connectivity index (χ2n) is 3.66. The number of esters is 1. The van der Waals surface area contributed by atoms with Gasteiger partial charge in [0.2, 0.25) is 0 Å². The first-order chi connectivity index (χ1) is 7.00. The Kier molecular flexibility index (Phi) is 3.97. The molecular formula is C11H13ClO3. The first-order valence-electron chi connectivity index (χ1n) is 4.66. The summed E-state index contributed by atoms with van der Waals surface area (Å²) in [5, 5.41) is 9.30. The van der Waals surface area contributed by atoms with Crippen LogP contribution in [0.2, 0.25) is 5.02 Å². The minimum absolute atomic E-state index is 0.0282. The van der Waals surface area contributed by atoms with E-state index in [1.54, 1.807) is 0 Å². The number of rotatable bonds is 3. The first-order valence-corrected chi connectivity index (χ1v) is 5.04. The highest BCUT2D eigenvalue weighted by atomic mass is 35.5. The standard InChI is InChI=1S/C11H13ClO3/c1-7(2)6-15-11(14)9-4-3-8(13)5-10(9)12/h3-5,7,13H,6H2,1-2H3. The average molecular weight is 229 g/mol. The molecule has 0 saturated heterocycles. The van der Waals surface area contributed by atoms with Crippen molar-refractivity contribution in [2.75, 3.05) is 6.61 Å². The molecule has 82 valence electrons. The van der Waals surface area contributed by atoms with Crippen LogP contribution >= 0.6 is 11.6 Å². The number of phenolic OH excluding ortho intramolecular Hbond substituents is 1. The Morgan fingerprint density at radius 2 is 2.20 bits per heavy atom. The van der Waals surface area contributed by atoms with Crippen molar-refractivity contribution in [3.63, 3.8) is 0 Å². The molecule has 1 aromatic carbocycles. The van der Waals surface area contributed by atoms with Crippen LogP contribution in [-0.2, 0) is 4.74 Å². The van der Waals surface area contributed by atoms with E-state index in [0.29, 0.717) is 6.61 Å². The highest BCUT2D eigenvalue weighted by molar-refractivity contribution is 6.33. The molecule has 1 aromatic rings. The molecule has 0 radical (unpaired) electrons. The number of benzene rings is 1. The Bertz CT molecular complexity index is 361. The number of ether oxygens (including phenoxy) is 1. The predicted octanol–water partition coefficient (Wildman–Crippen LogP) is 2.86. The summed E-state index contributed by atoms with van der Waals surface area (Å²) in [6.45, 7) is 4.26. The van der Waals surface area contributed by atoms with Crippen LogP contribution in [0.4, 0.5) is 0 Å². The van der Waals surface area contributed by atoms with Gasteiger partial charge in [0.25, 0.3) is 0 Å². The smallest absolute Gasteiger partial charge is 0.339 e. The van der Waals surface area contributed by atoms with Crippen molar-refractivity contribution in [1.82, 2.24) is 0 Å². The Morgan fingerprint density at radius 1 is 1.53 bits per heavy atom. The van der Waals surface area contributed by atoms with E-state index in [4.69, 9.17) is 21.4 Å². The lowest BCUT2D eigenvalue weighted by molar-refractivity contribution is 0.0459. The number of phenols is 1. The van der Waals surface area contributed by atoms with Gasteiger partial charge in [0.05, 0.1) is 17.2 Å². The lowest BCUT2D eigenvalue weighted by Gasteiger charge is -2.08. The fourth-order valence-corrected chi connectivity index (χ4v) is 1.24. The lowest BCUT2D eigenvalue weighted by Crippen LogP contribution is -2.10. The third-order valence-electron chi connectivity index (χ3n) is 1.72. The van der Waals surface area contributed by atoms with Crippen molar-refractivity contribution in [3.05, 3.63) is 28.8 Å². The summed E-state index contributed by atoms with van der Waals surface area (Å²) in [6.07, 6.45) is 0. The van der Waals surface area contributed by atoms with Gasteiger partial charge in [-0.25, -0.2) is 4.79 Å². The van der Waals surface area contributed by atoms with E-state index in [0.717, 1.165) is 0 Å². The van der Waals surface area contributed by atoms with Crippen LogP contribution in [0.25, 0.3) is 0 Å². The molecular weight excluding hydrogens is 216 g/mol. The number of hydrogen-bond donors (Lipinski definition) is 1. The molecule has 0 saturated carbocycles. The number of carbonyl (C=O) groups is 1. The summed E-state index contributed by atoms with van der Waals surface area (Å²) in [5.74, 6) is -0.154. The van der Waals surface area contributed by atoms with E-state index >= 15 is 0 Å². The predicted molar refractivity (Wildman–Crippen MR) is 58.2 cm³/mol. The van der Waals surface area contributed by atoms with Crippen molar-refractivity contribution in [2.45, 2.75) is 13.8 Å². The largest absolute Gasteiger partial charge is 0.508 e. The molecule has 0 unspecified atom stereocenters. The van der Waals surface area contributed by atoms with Gasteiger partial charge < -0.3 is 9.84 Å². The van der Waals surface area contributed by atoms with E-state index in [9.17, 15) is 4.79 Å². The van der Waals surface area contributed by atoms with Crippen LogP contribution in [0.3, 0.4) is 0 Å². The van der Waals surface area contributed by atoms with E-state index in [2.05, 4.69) is 0 Å². The third kappa shape index (κ3) is 3.44. The fourth-order valence-electron chi connectivity index (χ4n) is 0.990. The SMILES string of the molecule is CC(C)COC(=O)c1ccc(O)cc1Cl. The second-order valence-corrected chi connectivity index (χ2v) is 4.06. The fraction of sp³-hybridized carbons (Fsp3) is 0.364. The maximum Gasteiger partial charge on any atom is 0.339 e. The summed E-state index contributed by atoms with van der Waals surface area (Å²) in [5.41, 5.74) is 0.273. The molecule has 1 rings (SSSR count). The van der Waals surface area contributed by atoms with Gasteiger partial charge in [0.1, 0.15) is 5.75 Å². The Labute approximate surface area is 93.6 Å². The summed E-state index contributed by atoms with van der Waals surface area (Å²) in [7, 11) is 0. The Morgan fingerprint density at radius 3 is 2.73 bits per heavy atom. The van der Waals surface area contributed by atoms with Crippen LogP contribution in [0.1, 0.15) is 24.2 Å². The molecule has 0 aliphatic carbocycles. The summed E-state index contributed by atoms with van der Waals surface area (Å²) in [6, 6.07) is 4.16. The van der Waals surface area contributed by atoms with Crippen molar-refractivity contribution in [1.29, 1.82) is 0 Å². The molecule has 0 heterocycles. The van der Waals surface area contributed by atoms with Crippen LogP contribution in [0, 0.1) is 5.92 Å². The molecule has 0 atom stereocenters. The summed E-state index contributed by atoms with van der Waals surface area (Å²) in [4.78, 5) is 11.5. The highest BCUT2D eigenvalue weighted by Crippen LogP contribution is 2.22. The molecule has 0 aliphatic rings. The van der Waals surface area contributed by atoms with Crippen LogP contribution in [0.5, 0.6) is 5.75 Å². The van der Waals surface area contributed by atoms with Gasteiger partial charge in [-0.15, -0.1) is 0 Å². The third-order valence-corrected chi connectivity index (χ3v) is 2.03. The van der Waals surface area contributed by atoms with Crippen molar-refractivity contribution < 1.29 is 14.6 Å². The maximum atomic E-state index is 11.5. The van der Waals surface area contributed by atoms with Crippen LogP contribution in [-0.4, -0.2) is 17.7 Å². The Hall–Kier alpha value is -1.22. The van der Waals surface area contributed by atoms with Crippen molar-refractivity contribution in [3.8, 4) is 5.75 Å². The van der Waals surface area contributed by atoms with Gasteiger partial charge in [0, 0.05) is 0 Å². The average Bonchev–Trinajstić information content (AvgIpc) is 2.14. The van der Waals surface area contributed by atoms with Crippen LogP contribution < -0.4 is 0 Å². The van der Waals surface area contributed by atoms with Gasteiger partial charge in [-0.1, -0.05) is 25.4 Å². The maximum absolute atomic E-state index is 11.5. The minimum atomic E-state index is -0.464. The topological polar surface area (TPSA) is 46.5 Å². The van der Waals surface area contributed by atoms with Crippen molar-refractivity contribution >= 4 is 17.6 Å². The molecule has 15 heavy (non-hydrogen) atoms. The van der Waals surface area contributed by atoms with Gasteiger partial charge in [-0.05, 0) is 24.1 Å². The van der Waals surface area contributed by atoms with Gasteiger partial charge >= 0.3 is 5.97 Å². The van der Waals surface area contributed by atoms with Gasteiger partial charge in [-0.2, -0.15) is 0 Å². The quantitative estimate of drug-likeness (QED) is 0.810. The van der Waals surface area contributed by atoms with Crippen LogP contribution in [0.15, 0.2) is 18.2 Å². The molecule has 0 amide bonds. The van der Waals surface area contributed by atoms with E-state index < -0.39 is 5.97 Å². The van der Waals surface area contributed by atoms with Gasteiger partial charge in [-0.3, -0.25) is 0 Å². The molecule has 0 aromatic heterocycles. The number of hydrogen-bond acceptors (Lipinski definition) is 3. The number of carbonyl (C=O) groups excluding carboxylic acids is 1. The molecule has 0 bridgehead atoms.